The molecule has 188 valence electrons. The van der Waals surface area contributed by atoms with Gasteiger partial charge in [-0.3, -0.25) is 0 Å². The minimum absolute atomic E-state index is 0. The Morgan fingerprint density at radius 1 is 0.765 bits per heavy atom. The van der Waals surface area contributed by atoms with Crippen LogP contribution in [0.4, 0.5) is 0 Å². The van der Waals surface area contributed by atoms with Crippen LogP contribution in [0.5, 0.6) is 0 Å². The zero-order chi connectivity index (χ0) is 24.6. The number of rotatable bonds is 8. The van der Waals surface area contributed by atoms with Gasteiger partial charge in [-0.2, -0.15) is 12.8 Å². The van der Waals surface area contributed by atoms with Crippen molar-refractivity contribution >= 4 is 11.4 Å². The molecule has 1 aliphatic rings. The number of nitrogens with zero attached hydrogens (tertiary/aromatic N) is 2. The van der Waals surface area contributed by atoms with Crippen molar-refractivity contribution in [1.82, 2.24) is 0 Å². The summed E-state index contributed by atoms with van der Waals surface area (Å²) in [6, 6.07) is 16.7. The van der Waals surface area contributed by atoms with Crippen molar-refractivity contribution in [3.63, 3.8) is 0 Å². The van der Waals surface area contributed by atoms with Crippen molar-refractivity contribution in [2.45, 2.75) is 86.0 Å². The Morgan fingerprint density at radius 3 is 1.74 bits per heavy atom. The Hall–Kier alpha value is -1.99. The van der Waals surface area contributed by atoms with Gasteiger partial charge in [0.25, 0.3) is 0 Å². The van der Waals surface area contributed by atoms with Gasteiger partial charge in [-0.1, -0.05) is 81.8 Å². The number of hydrogen-bond donors (Lipinski definition) is 0. The molecule has 0 amide bonds. The maximum Gasteiger partial charge on any atom is 2.00 e. The van der Waals surface area contributed by atoms with E-state index in [2.05, 4.69) is 97.0 Å². The van der Waals surface area contributed by atoms with Crippen LogP contribution in [0.2, 0.25) is 0 Å². The topological polar surface area (TPSA) is 25.3 Å². The van der Waals surface area contributed by atoms with E-state index in [9.17, 15) is 5.53 Å². The van der Waals surface area contributed by atoms with Gasteiger partial charge < -0.3 is 19.4 Å². The zero-order valence-electron chi connectivity index (χ0n) is 22.0. The number of allylic oxidation sites excluding steroid dienone is 2. The summed E-state index contributed by atoms with van der Waals surface area (Å²) in [5, 5.41) is 0. The second-order valence-electron chi connectivity index (χ2n) is 8.62. The molecule has 1 aliphatic heterocycles. The predicted molar refractivity (Wildman–Crippen MR) is 146 cm³/mol. The van der Waals surface area contributed by atoms with Gasteiger partial charge in [-0.15, -0.1) is 0 Å². The molecule has 0 bridgehead atoms. The fourth-order valence-corrected chi connectivity index (χ4v) is 3.42. The first-order valence-corrected chi connectivity index (χ1v) is 12.6. The second-order valence-corrected chi connectivity index (χ2v) is 8.62. The van der Waals surface area contributed by atoms with E-state index in [0.717, 1.165) is 48.2 Å². The number of aryl methyl sites for hydroxylation is 2. The van der Waals surface area contributed by atoms with Crippen molar-refractivity contribution < 1.29 is 21.2 Å². The van der Waals surface area contributed by atoms with Gasteiger partial charge in [0.1, 0.15) is 0 Å². The van der Waals surface area contributed by atoms with E-state index >= 15 is 0 Å². The molecule has 3 rings (SSSR count). The summed E-state index contributed by atoms with van der Waals surface area (Å²) in [5.41, 5.74) is 18.5. The molecule has 0 aromatic heterocycles. The third-order valence-corrected chi connectivity index (χ3v) is 5.42. The third kappa shape index (κ3) is 10.5. The van der Waals surface area contributed by atoms with E-state index < -0.39 is 0 Å². The molecule has 0 spiro atoms. The summed E-state index contributed by atoms with van der Waals surface area (Å²) in [6.45, 7) is 17.8. The van der Waals surface area contributed by atoms with E-state index in [4.69, 9.17) is 0 Å². The summed E-state index contributed by atoms with van der Waals surface area (Å²) in [5.74, 6) is 0. The molecule has 0 unspecified atom stereocenters. The third-order valence-electron chi connectivity index (χ3n) is 5.42. The summed E-state index contributed by atoms with van der Waals surface area (Å²) in [4.78, 5) is 0. The van der Waals surface area contributed by atoms with Crippen LogP contribution in [0.15, 0.2) is 60.2 Å². The minimum atomic E-state index is 0. The van der Waals surface area contributed by atoms with Crippen LogP contribution in [-0.4, -0.2) is 4.70 Å². The average Bonchev–Trinajstić information content (AvgIpc) is 3.15. The van der Waals surface area contributed by atoms with Crippen molar-refractivity contribution in [2.75, 3.05) is 0 Å². The SMILES string of the molecule is CCCCCC1=C(c2cccc(C)c2)[N+](=[N-])C(c2cccc(C)c2)=C1.[CH2-]CCC.[CH2-]CCC.[Ni+2]. The molecule has 2 aromatic carbocycles. The minimum Gasteiger partial charge on any atom is -0.493 e. The van der Waals surface area contributed by atoms with Crippen LogP contribution in [0, 0.1) is 27.7 Å². The van der Waals surface area contributed by atoms with Crippen LogP contribution < -0.4 is 0 Å². The van der Waals surface area contributed by atoms with E-state index in [1.807, 2.05) is 6.07 Å². The van der Waals surface area contributed by atoms with Crippen LogP contribution in [-0.2, 0) is 16.5 Å². The van der Waals surface area contributed by atoms with Crippen molar-refractivity contribution in [2.24, 2.45) is 0 Å². The molecular formula is C31H44N2Ni. The van der Waals surface area contributed by atoms with Gasteiger partial charge in [-0.05, 0) is 51.0 Å². The molecule has 3 heteroatoms. The zero-order valence-corrected chi connectivity index (χ0v) is 23.0. The molecule has 0 atom stereocenters. The van der Waals surface area contributed by atoms with Crippen molar-refractivity contribution in [1.29, 1.82) is 0 Å². The largest absolute Gasteiger partial charge is 2.00 e. The first-order chi connectivity index (χ1) is 15.9. The fourth-order valence-electron chi connectivity index (χ4n) is 3.42. The number of hydrogen-bond acceptors (Lipinski definition) is 0. The summed E-state index contributed by atoms with van der Waals surface area (Å²) in [7, 11) is 0. The van der Waals surface area contributed by atoms with Crippen molar-refractivity contribution in [3.8, 4) is 0 Å². The molecule has 0 radical (unpaired) electrons. The van der Waals surface area contributed by atoms with Gasteiger partial charge in [-0.25, -0.2) is 4.70 Å². The molecule has 0 fully saturated rings. The standard InChI is InChI=1S/C23H26N2.2C4H9.Ni/c1-4-5-6-11-21-16-22(19-12-7-9-17(2)14-19)25(24)23(21)20-13-8-10-18(3)15-20;2*1-3-4-2;/h7-10,12-16H,4-6,11H2,1-3H3;2*1,3-4H2,2H3;/q;2*-1;+2. The molecule has 0 saturated heterocycles. The quantitative estimate of drug-likeness (QED) is 0.148. The molecular weight excluding hydrogens is 459 g/mol. The average molecular weight is 503 g/mol. The van der Waals surface area contributed by atoms with Crippen LogP contribution in [0.25, 0.3) is 16.9 Å². The van der Waals surface area contributed by atoms with E-state index in [1.165, 1.54) is 47.1 Å². The van der Waals surface area contributed by atoms with E-state index in [0.29, 0.717) is 0 Å². The Labute approximate surface area is 220 Å². The Kier molecular flexibility index (Phi) is 17.3. The van der Waals surface area contributed by atoms with E-state index in [1.54, 1.807) is 0 Å². The van der Waals surface area contributed by atoms with Crippen LogP contribution in [0.1, 0.15) is 94.4 Å². The number of unbranched alkanes of at least 4 members (excludes halogenated alkanes) is 4. The van der Waals surface area contributed by atoms with Gasteiger partial charge in [0, 0.05) is 22.8 Å². The second kappa shape index (κ2) is 18.4. The van der Waals surface area contributed by atoms with Gasteiger partial charge in [0.2, 0.25) is 11.4 Å². The smallest absolute Gasteiger partial charge is 0.493 e. The monoisotopic (exact) mass is 502 g/mol. The Bertz CT molecular complexity index is 917. The summed E-state index contributed by atoms with van der Waals surface area (Å²) in [6.07, 6.45) is 11.3. The van der Waals surface area contributed by atoms with Crippen LogP contribution >= 0.6 is 0 Å². The molecule has 1 heterocycles. The molecule has 0 aliphatic carbocycles. The molecule has 2 nitrogen and oxygen atoms in total. The first kappa shape index (κ1) is 32.0. The van der Waals surface area contributed by atoms with Crippen LogP contribution in [0.3, 0.4) is 0 Å². The maximum absolute atomic E-state index is 11.0. The molecule has 2 aromatic rings. The maximum atomic E-state index is 11.0. The Balaban J connectivity index is 0.00000106. The molecule has 0 saturated carbocycles. The number of benzene rings is 2. The van der Waals surface area contributed by atoms with Crippen molar-refractivity contribution in [3.05, 3.63) is 102 Å². The van der Waals surface area contributed by atoms with E-state index in [-0.39, 0.29) is 16.5 Å². The van der Waals surface area contributed by atoms with Gasteiger partial charge in [0.15, 0.2) is 0 Å². The molecule has 34 heavy (non-hydrogen) atoms. The van der Waals surface area contributed by atoms with Gasteiger partial charge in [0.05, 0.1) is 0 Å². The summed E-state index contributed by atoms with van der Waals surface area (Å²) >= 11 is 0. The predicted octanol–water partition coefficient (Wildman–Crippen LogP) is 9.92. The normalized spacial score (nSPS) is 12.2. The Morgan fingerprint density at radius 2 is 1.26 bits per heavy atom. The summed E-state index contributed by atoms with van der Waals surface area (Å²) < 4.78 is 1.38. The van der Waals surface area contributed by atoms with Gasteiger partial charge >= 0.3 is 16.5 Å². The first-order valence-electron chi connectivity index (χ1n) is 12.6. The molecule has 0 N–H and O–H groups in total. The fraction of sp³-hybridized carbons (Fsp3) is 0.419.